The first-order valence-corrected chi connectivity index (χ1v) is 14.7. The van der Waals surface area contributed by atoms with Crippen molar-refractivity contribution >= 4 is 33.0 Å². The Kier molecular flexibility index (Phi) is 8.61. The van der Waals surface area contributed by atoms with Gasteiger partial charge in [-0.25, -0.2) is 17.2 Å². The molecular weight excluding hydrogens is 537 g/mol. The molecule has 0 radical (unpaired) electrons. The summed E-state index contributed by atoms with van der Waals surface area (Å²) >= 11 is 12.3. The van der Waals surface area contributed by atoms with Crippen molar-refractivity contribution in [3.8, 4) is 0 Å². The van der Waals surface area contributed by atoms with Gasteiger partial charge in [-0.05, 0) is 65.6 Å². The average molecular weight is 568 g/mol. The molecule has 4 rings (SSSR count). The van der Waals surface area contributed by atoms with Gasteiger partial charge in [0.2, 0.25) is 0 Å². The van der Waals surface area contributed by atoms with E-state index in [2.05, 4.69) is 24.1 Å². The highest BCUT2D eigenvalue weighted by Crippen LogP contribution is 2.38. The number of benzene rings is 3. The Balaban J connectivity index is 1.59. The fraction of sp³-hybridized carbons (Fsp3) is 0.357. The van der Waals surface area contributed by atoms with Gasteiger partial charge >= 0.3 is 0 Å². The van der Waals surface area contributed by atoms with Crippen molar-refractivity contribution in [2.45, 2.75) is 31.2 Å². The Morgan fingerprint density at radius 2 is 1.38 bits per heavy atom. The molecule has 1 fully saturated rings. The van der Waals surface area contributed by atoms with Gasteiger partial charge in [-0.1, -0.05) is 61.3 Å². The van der Waals surface area contributed by atoms with E-state index in [0.29, 0.717) is 35.6 Å². The van der Waals surface area contributed by atoms with Crippen molar-refractivity contribution in [2.75, 3.05) is 25.4 Å². The van der Waals surface area contributed by atoms with Gasteiger partial charge in [0.05, 0.1) is 23.1 Å². The third-order valence-corrected chi connectivity index (χ3v) is 8.71. The van der Waals surface area contributed by atoms with Crippen LogP contribution in [0.3, 0.4) is 0 Å². The zero-order chi connectivity index (χ0) is 26.8. The van der Waals surface area contributed by atoms with E-state index in [4.69, 9.17) is 23.2 Å². The normalized spacial score (nSPS) is 15.8. The molecule has 0 unspecified atom stereocenters. The predicted octanol–water partition coefficient (Wildman–Crippen LogP) is 6.28. The zero-order valence-corrected chi connectivity index (χ0v) is 23.1. The molecule has 1 aliphatic rings. The Morgan fingerprint density at radius 1 is 0.892 bits per heavy atom. The molecular formula is C28H30Cl2F2N2O2S. The Hall–Kier alpha value is -2.03. The molecule has 1 N–H and O–H groups in total. The van der Waals surface area contributed by atoms with Crippen molar-refractivity contribution in [3.63, 3.8) is 0 Å². The van der Waals surface area contributed by atoms with Gasteiger partial charge in [0.15, 0.2) is 9.84 Å². The predicted molar refractivity (Wildman–Crippen MR) is 146 cm³/mol. The number of rotatable bonds is 10. The number of sulfone groups is 1. The lowest BCUT2D eigenvalue weighted by atomic mass is 9.85. The van der Waals surface area contributed by atoms with Gasteiger partial charge in [0.25, 0.3) is 0 Å². The number of likely N-dealkylation sites (tertiary alicyclic amines) is 1. The molecule has 9 heteroatoms. The van der Waals surface area contributed by atoms with Crippen LogP contribution in [0.4, 0.5) is 8.78 Å². The van der Waals surface area contributed by atoms with Gasteiger partial charge < -0.3 is 5.32 Å². The molecule has 0 aliphatic carbocycles. The summed E-state index contributed by atoms with van der Waals surface area (Å²) < 4.78 is 53.8. The molecule has 0 bridgehead atoms. The molecule has 4 nitrogen and oxygen atoms in total. The van der Waals surface area contributed by atoms with Gasteiger partial charge in [0.1, 0.15) is 11.6 Å². The summed E-state index contributed by atoms with van der Waals surface area (Å²) in [7, 11) is -3.68. The number of hydrogen-bond acceptors (Lipinski definition) is 4. The van der Waals surface area contributed by atoms with Gasteiger partial charge in [-0.3, -0.25) is 4.90 Å². The SMILES string of the molecule is CC(C)CNC1(CS(=O)(=O)Cc2cc(F)cc(F)c2)CN(C(c2ccc(Cl)cc2)c2ccc(Cl)cc2)C1. The van der Waals surface area contributed by atoms with Crippen LogP contribution in [-0.2, 0) is 15.6 Å². The van der Waals surface area contributed by atoms with Gasteiger partial charge in [-0.2, -0.15) is 0 Å². The Morgan fingerprint density at radius 3 is 1.84 bits per heavy atom. The zero-order valence-electron chi connectivity index (χ0n) is 20.7. The van der Waals surface area contributed by atoms with E-state index in [1.54, 1.807) is 0 Å². The molecule has 0 spiro atoms. The molecule has 37 heavy (non-hydrogen) atoms. The molecule has 0 aromatic heterocycles. The number of halogens is 4. The third-order valence-electron chi connectivity index (χ3n) is 6.44. The maximum atomic E-state index is 13.7. The molecule has 1 heterocycles. The van der Waals surface area contributed by atoms with E-state index in [1.807, 2.05) is 48.5 Å². The van der Waals surface area contributed by atoms with Crippen LogP contribution in [0.5, 0.6) is 0 Å². The summed E-state index contributed by atoms with van der Waals surface area (Å²) in [5.41, 5.74) is 1.48. The summed E-state index contributed by atoms with van der Waals surface area (Å²) in [6.45, 7) is 5.72. The highest BCUT2D eigenvalue weighted by Gasteiger charge is 2.48. The minimum absolute atomic E-state index is 0.105. The van der Waals surface area contributed by atoms with Crippen molar-refractivity contribution in [2.24, 2.45) is 5.92 Å². The summed E-state index contributed by atoms with van der Waals surface area (Å²) in [4.78, 5) is 2.22. The van der Waals surface area contributed by atoms with Crippen LogP contribution in [0.25, 0.3) is 0 Å². The lowest BCUT2D eigenvalue weighted by Crippen LogP contribution is -2.72. The third kappa shape index (κ3) is 7.30. The van der Waals surface area contributed by atoms with Crippen LogP contribution in [0.15, 0.2) is 66.7 Å². The van der Waals surface area contributed by atoms with E-state index in [0.717, 1.165) is 29.3 Å². The molecule has 198 valence electrons. The van der Waals surface area contributed by atoms with Crippen molar-refractivity contribution in [1.82, 2.24) is 10.2 Å². The van der Waals surface area contributed by atoms with E-state index in [1.165, 1.54) is 0 Å². The van der Waals surface area contributed by atoms with Crippen LogP contribution in [0, 0.1) is 17.6 Å². The second-order valence-corrected chi connectivity index (χ2v) is 13.2. The molecule has 1 aliphatic heterocycles. The second-order valence-electron chi connectivity index (χ2n) is 10.3. The van der Waals surface area contributed by atoms with E-state index < -0.39 is 32.8 Å². The lowest BCUT2D eigenvalue weighted by Gasteiger charge is -2.54. The minimum Gasteiger partial charge on any atom is -0.308 e. The monoisotopic (exact) mass is 566 g/mol. The number of nitrogens with one attached hydrogen (secondary N) is 1. The first kappa shape index (κ1) is 28.0. The van der Waals surface area contributed by atoms with Crippen molar-refractivity contribution < 1.29 is 17.2 Å². The standard InChI is InChI=1S/C28H30Cl2F2N2O2S/c1-19(2)14-33-28(18-37(35,36)15-20-11-25(31)13-26(32)12-20)16-34(17-28)27(21-3-7-23(29)8-4-21)22-5-9-24(30)10-6-22/h3-13,19,27,33H,14-18H2,1-2H3. The summed E-state index contributed by atoms with van der Waals surface area (Å²) in [6.07, 6.45) is 0. The fourth-order valence-electron chi connectivity index (χ4n) is 4.91. The second kappa shape index (κ2) is 11.4. The van der Waals surface area contributed by atoms with E-state index in [-0.39, 0.29) is 17.4 Å². The Labute approximate surface area is 227 Å². The smallest absolute Gasteiger partial charge is 0.156 e. The van der Waals surface area contributed by atoms with Crippen LogP contribution < -0.4 is 5.32 Å². The van der Waals surface area contributed by atoms with Crippen LogP contribution in [-0.4, -0.2) is 44.2 Å². The summed E-state index contributed by atoms with van der Waals surface area (Å²) in [5.74, 6) is -1.84. The fourth-order valence-corrected chi connectivity index (χ4v) is 7.07. The maximum Gasteiger partial charge on any atom is 0.156 e. The first-order valence-electron chi connectivity index (χ1n) is 12.1. The average Bonchev–Trinajstić information content (AvgIpc) is 2.77. The van der Waals surface area contributed by atoms with Crippen LogP contribution >= 0.6 is 23.2 Å². The maximum absolute atomic E-state index is 13.7. The molecule has 0 saturated carbocycles. The molecule has 0 atom stereocenters. The molecule has 3 aromatic carbocycles. The van der Waals surface area contributed by atoms with Crippen LogP contribution in [0.1, 0.15) is 36.6 Å². The molecule has 1 saturated heterocycles. The molecule has 0 amide bonds. The number of hydrogen-bond donors (Lipinski definition) is 1. The van der Waals surface area contributed by atoms with Crippen molar-refractivity contribution in [3.05, 3.63) is 105 Å². The summed E-state index contributed by atoms with van der Waals surface area (Å²) in [6, 6.07) is 18.0. The largest absolute Gasteiger partial charge is 0.308 e. The summed E-state index contributed by atoms with van der Waals surface area (Å²) in [5, 5.41) is 4.76. The van der Waals surface area contributed by atoms with Gasteiger partial charge in [-0.15, -0.1) is 0 Å². The van der Waals surface area contributed by atoms with Crippen LogP contribution in [0.2, 0.25) is 10.0 Å². The minimum atomic E-state index is -3.68. The van der Waals surface area contributed by atoms with E-state index >= 15 is 0 Å². The topological polar surface area (TPSA) is 49.4 Å². The van der Waals surface area contributed by atoms with Crippen molar-refractivity contribution in [1.29, 1.82) is 0 Å². The van der Waals surface area contributed by atoms with Gasteiger partial charge in [0, 0.05) is 29.2 Å². The first-order chi connectivity index (χ1) is 17.4. The lowest BCUT2D eigenvalue weighted by molar-refractivity contribution is 0.0291. The Bertz CT molecular complexity index is 1260. The highest BCUT2D eigenvalue weighted by atomic mass is 35.5. The quantitative estimate of drug-likeness (QED) is 0.314. The number of nitrogens with zero attached hydrogens (tertiary/aromatic N) is 1. The van der Waals surface area contributed by atoms with E-state index in [9.17, 15) is 17.2 Å². The highest BCUT2D eigenvalue weighted by molar-refractivity contribution is 7.90. The molecule has 3 aromatic rings.